The highest BCUT2D eigenvalue weighted by Crippen LogP contribution is 2.57. The van der Waals surface area contributed by atoms with Crippen molar-refractivity contribution in [3.63, 3.8) is 0 Å². The van der Waals surface area contributed by atoms with Crippen molar-refractivity contribution in [2.24, 2.45) is 11.8 Å². The van der Waals surface area contributed by atoms with Crippen LogP contribution < -0.4 is 10.5 Å². The second-order valence-corrected chi connectivity index (χ2v) is 8.75. The summed E-state index contributed by atoms with van der Waals surface area (Å²) in [6.45, 7) is 4.01. The molecule has 0 radical (unpaired) electrons. The van der Waals surface area contributed by atoms with Crippen LogP contribution in [0, 0.1) is 18.8 Å². The van der Waals surface area contributed by atoms with Crippen molar-refractivity contribution in [3.05, 3.63) is 75.6 Å². The molecule has 8 nitrogen and oxygen atoms in total. The Kier molecular flexibility index (Phi) is 4.11. The first-order valence-corrected chi connectivity index (χ1v) is 10.6. The molecule has 4 aromatic rings. The molecule has 31 heavy (non-hydrogen) atoms. The van der Waals surface area contributed by atoms with E-state index in [2.05, 4.69) is 37.1 Å². The van der Waals surface area contributed by atoms with E-state index in [1.807, 2.05) is 19.1 Å². The van der Waals surface area contributed by atoms with Crippen LogP contribution in [0.5, 0.6) is 0 Å². The van der Waals surface area contributed by atoms with Gasteiger partial charge in [0, 0.05) is 35.9 Å². The van der Waals surface area contributed by atoms with E-state index in [4.69, 9.17) is 16.1 Å². The largest absolute Gasteiger partial charge is 0.371 e. The van der Waals surface area contributed by atoms with E-state index in [0.29, 0.717) is 34.5 Å². The SMILES string of the molecule is Cc1cncc2ncn(Cc3nc(C4C5CN(c6ccc(Cl)cc6)CC54)no3)c(=O)c12. The Morgan fingerprint density at radius 3 is 2.71 bits per heavy atom. The number of anilines is 1. The van der Waals surface area contributed by atoms with Crippen LogP contribution >= 0.6 is 11.6 Å². The molecule has 0 N–H and O–H groups in total. The number of piperidine rings is 1. The number of halogens is 1. The number of hydrogen-bond donors (Lipinski definition) is 0. The third kappa shape index (κ3) is 3.09. The van der Waals surface area contributed by atoms with Crippen LogP contribution in [0.2, 0.25) is 5.02 Å². The summed E-state index contributed by atoms with van der Waals surface area (Å²) < 4.78 is 6.97. The highest BCUT2D eigenvalue weighted by Gasteiger charge is 2.58. The third-order valence-electron chi connectivity index (χ3n) is 6.40. The zero-order valence-electron chi connectivity index (χ0n) is 16.8. The summed E-state index contributed by atoms with van der Waals surface area (Å²) in [6, 6.07) is 7.96. The molecule has 0 amide bonds. The number of nitrogens with zero attached hydrogens (tertiary/aromatic N) is 6. The Bertz CT molecular complexity index is 1340. The van der Waals surface area contributed by atoms with Crippen molar-refractivity contribution in [1.82, 2.24) is 24.7 Å². The van der Waals surface area contributed by atoms with Crippen molar-refractivity contribution in [1.29, 1.82) is 0 Å². The van der Waals surface area contributed by atoms with Gasteiger partial charge in [-0.3, -0.25) is 14.3 Å². The Hall–Kier alpha value is -3.26. The van der Waals surface area contributed by atoms with E-state index in [1.54, 1.807) is 12.4 Å². The van der Waals surface area contributed by atoms with Crippen molar-refractivity contribution in [2.75, 3.05) is 18.0 Å². The minimum atomic E-state index is -0.133. The van der Waals surface area contributed by atoms with Gasteiger partial charge in [0.05, 0.1) is 23.4 Å². The predicted molar refractivity (Wildman–Crippen MR) is 115 cm³/mol. The maximum atomic E-state index is 12.8. The fraction of sp³-hybridized carbons (Fsp3) is 0.318. The van der Waals surface area contributed by atoms with E-state index >= 15 is 0 Å². The molecule has 6 rings (SSSR count). The Balaban J connectivity index is 1.17. The van der Waals surface area contributed by atoms with Crippen molar-refractivity contribution in [2.45, 2.75) is 19.4 Å². The summed E-state index contributed by atoms with van der Waals surface area (Å²) in [5.74, 6) is 2.54. The van der Waals surface area contributed by atoms with Gasteiger partial charge in [-0.25, -0.2) is 4.98 Å². The fourth-order valence-electron chi connectivity index (χ4n) is 4.75. The van der Waals surface area contributed by atoms with Gasteiger partial charge in [0.25, 0.3) is 5.56 Å². The molecule has 1 saturated heterocycles. The lowest BCUT2D eigenvalue weighted by Gasteiger charge is -2.21. The first-order chi connectivity index (χ1) is 15.1. The monoisotopic (exact) mass is 434 g/mol. The van der Waals surface area contributed by atoms with Crippen LogP contribution in [0.25, 0.3) is 10.9 Å². The van der Waals surface area contributed by atoms with Crippen LogP contribution in [-0.2, 0) is 6.54 Å². The highest BCUT2D eigenvalue weighted by molar-refractivity contribution is 6.30. The summed E-state index contributed by atoms with van der Waals surface area (Å²) in [4.78, 5) is 28.2. The van der Waals surface area contributed by atoms with Gasteiger partial charge in [0.1, 0.15) is 6.54 Å². The molecule has 2 fully saturated rings. The standard InChI is InChI=1S/C22H19ClN6O2/c1-12-6-24-7-17-19(12)22(30)29(11-25-17)10-18-26-21(27-31-18)20-15-8-28(9-16(15)20)14-4-2-13(23)3-5-14/h2-7,11,15-16,20H,8-10H2,1H3. The van der Waals surface area contributed by atoms with Gasteiger partial charge in [0.2, 0.25) is 5.89 Å². The van der Waals surface area contributed by atoms with E-state index < -0.39 is 0 Å². The molecule has 1 aromatic carbocycles. The number of aryl methyl sites for hydroxylation is 1. The molecule has 3 aromatic heterocycles. The number of aromatic nitrogens is 5. The van der Waals surface area contributed by atoms with Crippen molar-refractivity contribution in [3.8, 4) is 0 Å². The average Bonchev–Trinajstić information content (AvgIpc) is 3.09. The molecule has 2 aliphatic rings. The zero-order valence-corrected chi connectivity index (χ0v) is 17.5. The highest BCUT2D eigenvalue weighted by atomic mass is 35.5. The molecule has 156 valence electrons. The van der Waals surface area contributed by atoms with Crippen LogP contribution in [-0.4, -0.2) is 37.8 Å². The predicted octanol–water partition coefficient (Wildman–Crippen LogP) is 3.03. The van der Waals surface area contributed by atoms with Crippen LogP contribution in [0.3, 0.4) is 0 Å². The second-order valence-electron chi connectivity index (χ2n) is 8.31. The van der Waals surface area contributed by atoms with Gasteiger partial charge in [0.15, 0.2) is 5.82 Å². The molecule has 4 heterocycles. The van der Waals surface area contributed by atoms with E-state index in [0.717, 1.165) is 29.5 Å². The van der Waals surface area contributed by atoms with Gasteiger partial charge in [-0.05, 0) is 48.6 Å². The van der Waals surface area contributed by atoms with Gasteiger partial charge in [-0.2, -0.15) is 4.98 Å². The van der Waals surface area contributed by atoms with Gasteiger partial charge >= 0.3 is 0 Å². The van der Waals surface area contributed by atoms with Gasteiger partial charge in [-0.15, -0.1) is 0 Å². The maximum absolute atomic E-state index is 12.8. The normalized spacial score (nSPS) is 22.1. The molecule has 9 heteroatoms. The molecule has 2 atom stereocenters. The molecule has 1 aliphatic carbocycles. The van der Waals surface area contributed by atoms with Crippen molar-refractivity contribution < 1.29 is 4.52 Å². The number of rotatable bonds is 4. The lowest BCUT2D eigenvalue weighted by molar-refractivity contribution is 0.363. The quantitative estimate of drug-likeness (QED) is 0.487. The average molecular weight is 435 g/mol. The van der Waals surface area contributed by atoms with E-state index in [9.17, 15) is 4.79 Å². The molecule has 1 aliphatic heterocycles. The Morgan fingerprint density at radius 2 is 1.94 bits per heavy atom. The lowest BCUT2D eigenvalue weighted by atomic mass is 10.2. The molecule has 1 saturated carbocycles. The van der Waals surface area contributed by atoms with Crippen LogP contribution in [0.4, 0.5) is 5.69 Å². The smallest absolute Gasteiger partial charge is 0.262 e. The number of benzene rings is 1. The fourth-order valence-corrected chi connectivity index (χ4v) is 4.88. The summed E-state index contributed by atoms with van der Waals surface area (Å²) in [5, 5.41) is 5.52. The number of hydrogen-bond acceptors (Lipinski definition) is 7. The molecular weight excluding hydrogens is 416 g/mol. The summed E-state index contributed by atoms with van der Waals surface area (Å²) in [5.41, 5.74) is 2.44. The minimum Gasteiger partial charge on any atom is -0.371 e. The number of fused-ring (bicyclic) bond motifs is 2. The van der Waals surface area contributed by atoms with Gasteiger partial charge in [-0.1, -0.05) is 16.8 Å². The zero-order chi connectivity index (χ0) is 21.1. The van der Waals surface area contributed by atoms with Crippen molar-refractivity contribution >= 4 is 28.2 Å². The number of pyridine rings is 1. The summed E-state index contributed by atoms with van der Waals surface area (Å²) in [6.07, 6.45) is 4.77. The maximum Gasteiger partial charge on any atom is 0.262 e. The third-order valence-corrected chi connectivity index (χ3v) is 6.65. The van der Waals surface area contributed by atoms with E-state index in [1.165, 1.54) is 16.6 Å². The van der Waals surface area contributed by atoms with E-state index in [-0.39, 0.29) is 12.1 Å². The summed E-state index contributed by atoms with van der Waals surface area (Å²) in [7, 11) is 0. The minimum absolute atomic E-state index is 0.133. The topological polar surface area (TPSA) is 89.9 Å². The molecule has 0 bridgehead atoms. The van der Waals surface area contributed by atoms with Gasteiger partial charge < -0.3 is 9.42 Å². The van der Waals surface area contributed by atoms with Crippen LogP contribution in [0.1, 0.15) is 23.2 Å². The summed E-state index contributed by atoms with van der Waals surface area (Å²) >= 11 is 5.99. The molecule has 2 unspecified atom stereocenters. The first kappa shape index (κ1) is 18.5. The first-order valence-electron chi connectivity index (χ1n) is 10.2. The molecular formula is C22H19ClN6O2. The Labute approximate surface area is 182 Å². The second kappa shape index (κ2) is 6.88. The van der Waals surface area contributed by atoms with Crippen LogP contribution in [0.15, 0.2) is 52.3 Å². The molecule has 0 spiro atoms. The Morgan fingerprint density at radius 1 is 1.16 bits per heavy atom. The lowest BCUT2D eigenvalue weighted by Crippen LogP contribution is -2.23.